The molecule has 0 radical (unpaired) electrons. The van der Waals surface area contributed by atoms with Crippen molar-refractivity contribution < 1.29 is 13.9 Å². The molecular formula is C12H9FO2. The zero-order valence-electron chi connectivity index (χ0n) is 8.16. The van der Waals surface area contributed by atoms with E-state index in [2.05, 4.69) is 4.74 Å². The molecule has 0 aliphatic rings. The van der Waals surface area contributed by atoms with Crippen molar-refractivity contribution in [1.82, 2.24) is 0 Å². The number of hydrogen-bond acceptors (Lipinski definition) is 2. The van der Waals surface area contributed by atoms with E-state index in [1.165, 1.54) is 19.2 Å². The number of benzene rings is 2. The third-order valence-corrected chi connectivity index (χ3v) is 2.25. The van der Waals surface area contributed by atoms with E-state index in [1.54, 1.807) is 24.3 Å². The minimum atomic E-state index is -0.410. The molecule has 15 heavy (non-hydrogen) atoms. The van der Waals surface area contributed by atoms with Crippen LogP contribution in [-0.4, -0.2) is 13.1 Å². The monoisotopic (exact) mass is 204 g/mol. The number of ether oxygens (including phenoxy) is 1. The Hall–Kier alpha value is -1.90. The zero-order valence-corrected chi connectivity index (χ0v) is 8.16. The largest absolute Gasteiger partial charge is 0.465 e. The molecule has 0 fully saturated rings. The fraction of sp³-hybridized carbons (Fsp3) is 0.0833. The fourth-order valence-corrected chi connectivity index (χ4v) is 1.54. The van der Waals surface area contributed by atoms with Crippen LogP contribution >= 0.6 is 0 Å². The van der Waals surface area contributed by atoms with Crippen molar-refractivity contribution in [3.63, 3.8) is 0 Å². The Morgan fingerprint density at radius 2 is 2.07 bits per heavy atom. The van der Waals surface area contributed by atoms with E-state index in [-0.39, 0.29) is 5.82 Å². The highest BCUT2D eigenvalue weighted by Crippen LogP contribution is 2.20. The predicted molar refractivity (Wildman–Crippen MR) is 55.2 cm³/mol. The Kier molecular flexibility index (Phi) is 2.37. The quantitative estimate of drug-likeness (QED) is 0.667. The van der Waals surface area contributed by atoms with Crippen molar-refractivity contribution in [3.8, 4) is 0 Å². The van der Waals surface area contributed by atoms with Gasteiger partial charge in [-0.1, -0.05) is 18.2 Å². The normalized spacial score (nSPS) is 10.3. The molecule has 0 aliphatic carbocycles. The van der Waals surface area contributed by atoms with Crippen LogP contribution in [0.5, 0.6) is 0 Å². The van der Waals surface area contributed by atoms with Crippen molar-refractivity contribution in [2.24, 2.45) is 0 Å². The minimum absolute atomic E-state index is 0.315. The van der Waals surface area contributed by atoms with E-state index in [0.29, 0.717) is 16.3 Å². The van der Waals surface area contributed by atoms with Crippen LogP contribution < -0.4 is 0 Å². The first-order chi connectivity index (χ1) is 7.22. The summed E-state index contributed by atoms with van der Waals surface area (Å²) < 4.78 is 17.6. The summed E-state index contributed by atoms with van der Waals surface area (Å²) in [7, 11) is 1.32. The van der Waals surface area contributed by atoms with Crippen LogP contribution in [0.3, 0.4) is 0 Å². The van der Waals surface area contributed by atoms with Crippen molar-refractivity contribution >= 4 is 16.7 Å². The van der Waals surface area contributed by atoms with Crippen LogP contribution in [0.15, 0.2) is 36.4 Å². The average molecular weight is 204 g/mol. The Balaban J connectivity index is 2.71. The summed E-state index contributed by atoms with van der Waals surface area (Å²) in [6.45, 7) is 0. The van der Waals surface area contributed by atoms with Crippen LogP contribution in [0, 0.1) is 5.82 Å². The molecule has 0 amide bonds. The predicted octanol–water partition coefficient (Wildman–Crippen LogP) is 2.77. The van der Waals surface area contributed by atoms with Gasteiger partial charge in [-0.3, -0.25) is 0 Å². The Bertz CT molecular complexity index is 520. The number of methoxy groups -OCH3 is 1. The Labute approximate surface area is 86.3 Å². The van der Waals surface area contributed by atoms with Gasteiger partial charge in [-0.05, 0) is 29.0 Å². The van der Waals surface area contributed by atoms with Gasteiger partial charge in [0.25, 0.3) is 0 Å². The Morgan fingerprint density at radius 3 is 2.80 bits per heavy atom. The third-order valence-electron chi connectivity index (χ3n) is 2.25. The summed E-state index contributed by atoms with van der Waals surface area (Å²) >= 11 is 0. The maximum absolute atomic E-state index is 12.9. The second-order valence-electron chi connectivity index (χ2n) is 3.16. The van der Waals surface area contributed by atoms with Crippen molar-refractivity contribution in [1.29, 1.82) is 0 Å². The van der Waals surface area contributed by atoms with Crippen LogP contribution in [0.1, 0.15) is 10.4 Å². The minimum Gasteiger partial charge on any atom is -0.465 e. The molecule has 0 bridgehead atoms. The summed E-state index contributed by atoms with van der Waals surface area (Å²) in [4.78, 5) is 11.4. The second kappa shape index (κ2) is 3.69. The van der Waals surface area contributed by atoms with Gasteiger partial charge >= 0.3 is 5.97 Å². The smallest absolute Gasteiger partial charge is 0.338 e. The number of esters is 1. The van der Waals surface area contributed by atoms with Gasteiger partial charge < -0.3 is 4.74 Å². The van der Waals surface area contributed by atoms with Gasteiger partial charge in [0.2, 0.25) is 0 Å². The molecule has 0 saturated carbocycles. The van der Waals surface area contributed by atoms with E-state index < -0.39 is 5.97 Å². The molecule has 0 aromatic heterocycles. The number of carbonyl (C=O) groups excluding carboxylic acids is 1. The third kappa shape index (κ3) is 1.68. The lowest BCUT2D eigenvalue weighted by atomic mass is 10.0. The topological polar surface area (TPSA) is 26.3 Å². The molecule has 0 heterocycles. The molecule has 0 N–H and O–H groups in total. The number of hydrogen-bond donors (Lipinski definition) is 0. The van der Waals surface area contributed by atoms with Gasteiger partial charge in [0, 0.05) is 0 Å². The first-order valence-corrected chi connectivity index (χ1v) is 4.49. The number of halogens is 1. The van der Waals surface area contributed by atoms with Crippen LogP contribution in [0.4, 0.5) is 4.39 Å². The molecule has 2 rings (SSSR count). The number of carbonyl (C=O) groups is 1. The van der Waals surface area contributed by atoms with Gasteiger partial charge in [0.05, 0.1) is 12.7 Å². The zero-order chi connectivity index (χ0) is 10.8. The van der Waals surface area contributed by atoms with Crippen LogP contribution in [0.2, 0.25) is 0 Å². The van der Waals surface area contributed by atoms with Crippen molar-refractivity contribution in [2.45, 2.75) is 0 Å². The second-order valence-corrected chi connectivity index (χ2v) is 3.16. The fourth-order valence-electron chi connectivity index (χ4n) is 1.54. The summed E-state index contributed by atoms with van der Waals surface area (Å²) in [6.07, 6.45) is 0. The molecule has 0 saturated heterocycles. The van der Waals surface area contributed by atoms with Gasteiger partial charge in [-0.2, -0.15) is 0 Å². The molecule has 0 unspecified atom stereocenters. The number of fused-ring (bicyclic) bond motifs is 1. The Morgan fingerprint density at radius 1 is 1.27 bits per heavy atom. The van der Waals surface area contributed by atoms with Crippen molar-refractivity contribution in [3.05, 3.63) is 47.8 Å². The maximum atomic E-state index is 12.9. The molecule has 0 spiro atoms. The van der Waals surface area contributed by atoms with E-state index in [0.717, 1.165) is 0 Å². The first-order valence-electron chi connectivity index (χ1n) is 4.49. The maximum Gasteiger partial charge on any atom is 0.338 e. The van der Waals surface area contributed by atoms with Gasteiger partial charge in [-0.15, -0.1) is 0 Å². The van der Waals surface area contributed by atoms with Crippen LogP contribution in [-0.2, 0) is 4.74 Å². The SMILES string of the molecule is COC(=O)c1cccc2cc(F)ccc12. The molecule has 2 aromatic carbocycles. The highest BCUT2D eigenvalue weighted by molar-refractivity contribution is 6.04. The molecule has 2 nitrogen and oxygen atoms in total. The molecule has 0 aliphatic heterocycles. The number of rotatable bonds is 1. The van der Waals surface area contributed by atoms with E-state index >= 15 is 0 Å². The lowest BCUT2D eigenvalue weighted by molar-refractivity contribution is 0.0603. The standard InChI is InChI=1S/C12H9FO2/c1-15-12(14)11-4-2-3-8-7-9(13)5-6-10(8)11/h2-7H,1H3. The molecule has 3 heteroatoms. The first kappa shape index (κ1) is 9.65. The lowest BCUT2D eigenvalue weighted by Gasteiger charge is -2.04. The van der Waals surface area contributed by atoms with Gasteiger partial charge in [-0.25, -0.2) is 9.18 Å². The lowest BCUT2D eigenvalue weighted by Crippen LogP contribution is -2.01. The van der Waals surface area contributed by atoms with Gasteiger partial charge in [0.15, 0.2) is 0 Å². The van der Waals surface area contributed by atoms with Crippen LogP contribution in [0.25, 0.3) is 10.8 Å². The summed E-state index contributed by atoms with van der Waals surface area (Å²) in [6, 6.07) is 9.42. The summed E-state index contributed by atoms with van der Waals surface area (Å²) in [5.41, 5.74) is 0.454. The molecular weight excluding hydrogens is 195 g/mol. The molecule has 76 valence electrons. The summed E-state index contributed by atoms with van der Waals surface area (Å²) in [5.74, 6) is -0.725. The van der Waals surface area contributed by atoms with Crippen molar-refractivity contribution in [2.75, 3.05) is 7.11 Å². The van der Waals surface area contributed by atoms with E-state index in [1.807, 2.05) is 0 Å². The van der Waals surface area contributed by atoms with E-state index in [9.17, 15) is 9.18 Å². The highest BCUT2D eigenvalue weighted by atomic mass is 19.1. The summed E-state index contributed by atoms with van der Waals surface area (Å²) in [5, 5.41) is 1.39. The highest BCUT2D eigenvalue weighted by Gasteiger charge is 2.09. The molecule has 0 atom stereocenters. The van der Waals surface area contributed by atoms with Gasteiger partial charge in [0.1, 0.15) is 5.82 Å². The van der Waals surface area contributed by atoms with E-state index in [4.69, 9.17) is 0 Å². The average Bonchev–Trinajstić information content (AvgIpc) is 2.26. The molecule has 2 aromatic rings.